The molecule has 21 heavy (non-hydrogen) atoms. The lowest BCUT2D eigenvalue weighted by atomic mass is 10.0. The van der Waals surface area contributed by atoms with E-state index in [2.05, 4.69) is 0 Å². The minimum absolute atomic E-state index is 0.0410. The molecule has 6 heteroatoms. The van der Waals surface area contributed by atoms with E-state index in [0.29, 0.717) is 0 Å². The van der Waals surface area contributed by atoms with Crippen LogP contribution in [0.15, 0.2) is 30.3 Å². The topological polar surface area (TPSA) is 85.4 Å². The monoisotopic (exact) mass is 286 g/mol. The van der Waals surface area contributed by atoms with Crippen molar-refractivity contribution in [1.82, 2.24) is 4.57 Å². The third kappa shape index (κ3) is 2.29. The van der Waals surface area contributed by atoms with Crippen LogP contribution in [0.3, 0.4) is 0 Å². The maximum Gasteiger partial charge on any atom is 0.352 e. The van der Waals surface area contributed by atoms with E-state index >= 15 is 0 Å². The van der Waals surface area contributed by atoms with Crippen LogP contribution in [0.4, 0.5) is 5.69 Å². The number of aryl methyl sites for hydroxylation is 1. The number of carboxylic acid groups (broad SMARTS) is 1. The average Bonchev–Trinajstić information content (AvgIpc) is 3.17. The highest BCUT2D eigenvalue weighted by Crippen LogP contribution is 2.41. The Morgan fingerprint density at radius 3 is 2.57 bits per heavy atom. The molecule has 1 saturated carbocycles. The third-order valence-electron chi connectivity index (χ3n) is 3.75. The molecular weight excluding hydrogens is 272 g/mol. The molecule has 3 rings (SSSR count). The Hall–Kier alpha value is -2.63. The van der Waals surface area contributed by atoms with E-state index in [4.69, 9.17) is 0 Å². The Morgan fingerprint density at radius 2 is 2.05 bits per heavy atom. The Labute approximate surface area is 120 Å². The Bertz CT molecular complexity index is 744. The fourth-order valence-corrected chi connectivity index (χ4v) is 2.62. The summed E-state index contributed by atoms with van der Waals surface area (Å²) in [5.74, 6) is -0.951. The largest absolute Gasteiger partial charge is 0.477 e. The summed E-state index contributed by atoms with van der Waals surface area (Å²) >= 11 is 0. The van der Waals surface area contributed by atoms with Gasteiger partial charge in [0.2, 0.25) is 0 Å². The van der Waals surface area contributed by atoms with Crippen LogP contribution in [-0.4, -0.2) is 20.6 Å². The molecule has 1 aromatic carbocycles. The van der Waals surface area contributed by atoms with Crippen molar-refractivity contribution in [3.05, 3.63) is 51.7 Å². The second-order valence-corrected chi connectivity index (χ2v) is 5.27. The Balaban J connectivity index is 2.13. The van der Waals surface area contributed by atoms with E-state index < -0.39 is 10.9 Å². The van der Waals surface area contributed by atoms with Gasteiger partial charge in [0, 0.05) is 29.4 Å². The van der Waals surface area contributed by atoms with Crippen molar-refractivity contribution >= 4 is 11.7 Å². The molecule has 0 amide bonds. The summed E-state index contributed by atoms with van der Waals surface area (Å²) in [6.45, 7) is 1.80. The van der Waals surface area contributed by atoms with Gasteiger partial charge in [-0.2, -0.15) is 0 Å². The van der Waals surface area contributed by atoms with Crippen molar-refractivity contribution in [3.8, 4) is 11.3 Å². The smallest absolute Gasteiger partial charge is 0.352 e. The van der Waals surface area contributed by atoms with Gasteiger partial charge in [-0.15, -0.1) is 0 Å². The molecule has 0 saturated heterocycles. The molecular formula is C15H14N2O4. The van der Waals surface area contributed by atoms with Crippen molar-refractivity contribution in [2.45, 2.75) is 25.8 Å². The van der Waals surface area contributed by atoms with Crippen LogP contribution >= 0.6 is 0 Å². The standard InChI is InChI=1S/C15H14N2O4/c1-9-8-11(17(20)21)4-5-12(9)13-6-7-14(15(18)19)16(13)10-2-3-10/h4-8,10H,2-3H2,1H3,(H,18,19). The van der Waals surface area contributed by atoms with Crippen molar-refractivity contribution < 1.29 is 14.8 Å². The molecule has 0 radical (unpaired) electrons. The van der Waals surface area contributed by atoms with Gasteiger partial charge in [-0.05, 0) is 43.5 Å². The van der Waals surface area contributed by atoms with Crippen molar-refractivity contribution in [2.24, 2.45) is 0 Å². The van der Waals surface area contributed by atoms with Crippen molar-refractivity contribution in [2.75, 3.05) is 0 Å². The number of carboxylic acids is 1. The summed E-state index contributed by atoms with van der Waals surface area (Å²) in [5, 5.41) is 20.1. The highest BCUT2D eigenvalue weighted by molar-refractivity contribution is 5.88. The highest BCUT2D eigenvalue weighted by Gasteiger charge is 2.30. The predicted molar refractivity (Wildman–Crippen MR) is 76.5 cm³/mol. The first kappa shape index (κ1) is 13.4. The predicted octanol–water partition coefficient (Wildman–Crippen LogP) is 3.40. The molecule has 1 aliphatic rings. The minimum atomic E-state index is -0.951. The second-order valence-electron chi connectivity index (χ2n) is 5.27. The van der Waals surface area contributed by atoms with E-state index in [1.807, 2.05) is 4.57 Å². The SMILES string of the molecule is Cc1cc([N+](=O)[O-])ccc1-c1ccc(C(=O)O)n1C1CC1. The van der Waals surface area contributed by atoms with Crippen LogP contribution in [-0.2, 0) is 0 Å². The lowest BCUT2D eigenvalue weighted by molar-refractivity contribution is -0.384. The van der Waals surface area contributed by atoms with E-state index in [0.717, 1.165) is 29.7 Å². The summed E-state index contributed by atoms with van der Waals surface area (Å²) in [4.78, 5) is 21.7. The molecule has 1 aromatic heterocycles. The lowest BCUT2D eigenvalue weighted by Crippen LogP contribution is -2.08. The number of aromatic carboxylic acids is 1. The molecule has 0 spiro atoms. The van der Waals surface area contributed by atoms with Crippen LogP contribution < -0.4 is 0 Å². The van der Waals surface area contributed by atoms with E-state index in [9.17, 15) is 20.0 Å². The zero-order chi connectivity index (χ0) is 15.1. The first-order valence-corrected chi connectivity index (χ1v) is 6.69. The molecule has 6 nitrogen and oxygen atoms in total. The van der Waals surface area contributed by atoms with Crippen molar-refractivity contribution in [1.29, 1.82) is 0 Å². The molecule has 0 unspecified atom stereocenters. The molecule has 1 fully saturated rings. The number of nitro groups is 1. The fourth-order valence-electron chi connectivity index (χ4n) is 2.62. The van der Waals surface area contributed by atoms with Crippen LogP contribution in [0.1, 0.15) is 34.9 Å². The molecule has 0 atom stereocenters. The number of hydrogen-bond donors (Lipinski definition) is 1. The van der Waals surface area contributed by atoms with Gasteiger partial charge in [0.15, 0.2) is 0 Å². The molecule has 2 aromatic rings. The summed E-state index contributed by atoms with van der Waals surface area (Å²) in [6.07, 6.45) is 1.93. The second kappa shape index (κ2) is 4.73. The maximum atomic E-state index is 11.3. The van der Waals surface area contributed by atoms with Gasteiger partial charge in [-0.25, -0.2) is 4.79 Å². The molecule has 0 aliphatic heterocycles. The van der Waals surface area contributed by atoms with E-state index in [1.165, 1.54) is 12.1 Å². The molecule has 108 valence electrons. The van der Waals surface area contributed by atoms with Gasteiger partial charge in [0.25, 0.3) is 5.69 Å². The number of benzene rings is 1. The Morgan fingerprint density at radius 1 is 1.33 bits per heavy atom. The zero-order valence-electron chi connectivity index (χ0n) is 11.4. The van der Waals surface area contributed by atoms with Gasteiger partial charge >= 0.3 is 5.97 Å². The number of rotatable bonds is 4. The fraction of sp³-hybridized carbons (Fsp3) is 0.267. The minimum Gasteiger partial charge on any atom is -0.477 e. The number of hydrogen-bond acceptors (Lipinski definition) is 3. The molecule has 1 aliphatic carbocycles. The first-order chi connectivity index (χ1) is 9.99. The Kier molecular flexibility index (Phi) is 3.01. The number of non-ortho nitro benzene ring substituents is 1. The summed E-state index contributed by atoms with van der Waals surface area (Å²) < 4.78 is 1.83. The van der Waals surface area contributed by atoms with Crippen LogP contribution in [0.2, 0.25) is 0 Å². The average molecular weight is 286 g/mol. The normalized spacial score (nSPS) is 14.1. The summed E-state index contributed by atoms with van der Waals surface area (Å²) in [6, 6.07) is 8.24. The van der Waals surface area contributed by atoms with Gasteiger partial charge in [0.1, 0.15) is 5.69 Å². The number of aromatic nitrogens is 1. The number of nitro benzene ring substituents is 1. The number of carbonyl (C=O) groups is 1. The first-order valence-electron chi connectivity index (χ1n) is 6.69. The highest BCUT2D eigenvalue weighted by atomic mass is 16.6. The summed E-state index contributed by atoms with van der Waals surface area (Å²) in [7, 11) is 0. The van der Waals surface area contributed by atoms with Gasteiger partial charge in [0.05, 0.1) is 4.92 Å². The zero-order valence-corrected chi connectivity index (χ0v) is 11.4. The van der Waals surface area contributed by atoms with Crippen LogP contribution in [0, 0.1) is 17.0 Å². The lowest BCUT2D eigenvalue weighted by Gasteiger charge is -2.12. The number of nitrogens with zero attached hydrogens (tertiary/aromatic N) is 2. The van der Waals surface area contributed by atoms with Crippen LogP contribution in [0.5, 0.6) is 0 Å². The molecule has 0 bridgehead atoms. The van der Waals surface area contributed by atoms with Gasteiger partial charge in [-0.3, -0.25) is 10.1 Å². The van der Waals surface area contributed by atoms with E-state index in [1.54, 1.807) is 25.1 Å². The summed E-state index contributed by atoms with van der Waals surface area (Å²) in [5.41, 5.74) is 2.72. The molecule has 1 N–H and O–H groups in total. The van der Waals surface area contributed by atoms with Crippen LogP contribution in [0.25, 0.3) is 11.3 Å². The quantitative estimate of drug-likeness (QED) is 0.689. The maximum absolute atomic E-state index is 11.3. The molecule has 1 heterocycles. The van der Waals surface area contributed by atoms with Gasteiger partial charge < -0.3 is 9.67 Å². The van der Waals surface area contributed by atoms with Crippen molar-refractivity contribution in [3.63, 3.8) is 0 Å². The van der Waals surface area contributed by atoms with E-state index in [-0.39, 0.29) is 17.4 Å². The third-order valence-corrected chi connectivity index (χ3v) is 3.75. The van der Waals surface area contributed by atoms with Gasteiger partial charge in [-0.1, -0.05) is 0 Å².